The van der Waals surface area contributed by atoms with E-state index in [1.165, 1.54) is 6.42 Å². The molecule has 1 N–H and O–H groups in total. The third-order valence-corrected chi connectivity index (χ3v) is 6.29. The summed E-state index contributed by atoms with van der Waals surface area (Å²) in [5.41, 5.74) is 1.08. The van der Waals surface area contributed by atoms with Crippen molar-refractivity contribution in [2.45, 2.75) is 31.4 Å². The summed E-state index contributed by atoms with van der Waals surface area (Å²) in [5.74, 6) is 2.09. The number of piperidine rings is 1. The molecule has 0 unspecified atom stereocenters. The predicted molar refractivity (Wildman–Crippen MR) is 104 cm³/mol. The minimum Gasteiger partial charge on any atom is -0.496 e. The van der Waals surface area contributed by atoms with Crippen molar-refractivity contribution < 1.29 is 14.6 Å². The summed E-state index contributed by atoms with van der Waals surface area (Å²) in [4.78, 5) is 6.95. The summed E-state index contributed by atoms with van der Waals surface area (Å²) in [6.07, 6.45) is 5.03. The van der Waals surface area contributed by atoms with Crippen molar-refractivity contribution in [3.63, 3.8) is 0 Å². The lowest BCUT2D eigenvalue weighted by atomic mass is 9.64. The van der Waals surface area contributed by atoms with E-state index in [-0.39, 0.29) is 11.8 Å². The van der Waals surface area contributed by atoms with E-state index < -0.39 is 5.60 Å². The molecule has 2 heterocycles. The maximum absolute atomic E-state index is 11.7. The van der Waals surface area contributed by atoms with E-state index in [2.05, 4.69) is 9.88 Å². The number of ether oxygens (including phenoxy) is 2. The van der Waals surface area contributed by atoms with E-state index in [0.717, 1.165) is 55.2 Å². The van der Waals surface area contributed by atoms with Crippen LogP contribution >= 0.6 is 0 Å². The molecule has 2 atom stereocenters. The monoisotopic (exact) mass is 368 g/mol. The first-order valence-electron chi connectivity index (χ1n) is 9.73. The fourth-order valence-electron chi connectivity index (χ4n) is 5.00. The number of hydrogen-bond acceptors (Lipinski definition) is 5. The number of aromatic nitrogens is 1. The summed E-state index contributed by atoms with van der Waals surface area (Å²) in [6, 6.07) is 11.8. The van der Waals surface area contributed by atoms with Gasteiger partial charge < -0.3 is 14.6 Å². The predicted octanol–water partition coefficient (Wildman–Crippen LogP) is 3.22. The zero-order chi connectivity index (χ0) is 18.9. The lowest BCUT2D eigenvalue weighted by Gasteiger charge is -2.52. The van der Waals surface area contributed by atoms with Crippen LogP contribution < -0.4 is 9.47 Å². The van der Waals surface area contributed by atoms with Gasteiger partial charge in [0.1, 0.15) is 17.1 Å². The lowest BCUT2D eigenvalue weighted by molar-refractivity contribution is -0.151. The first kappa shape index (κ1) is 18.3. The summed E-state index contributed by atoms with van der Waals surface area (Å²) < 4.78 is 11.1. The van der Waals surface area contributed by atoms with Gasteiger partial charge in [-0.2, -0.15) is 0 Å². The molecule has 4 rings (SSSR count). The van der Waals surface area contributed by atoms with Gasteiger partial charge in [-0.05, 0) is 37.1 Å². The molecule has 5 heteroatoms. The van der Waals surface area contributed by atoms with Crippen LogP contribution in [0.1, 0.15) is 30.5 Å². The number of nitrogens with zero attached hydrogens (tertiary/aromatic N) is 2. The Morgan fingerprint density at radius 3 is 2.26 bits per heavy atom. The van der Waals surface area contributed by atoms with Gasteiger partial charge in [0.05, 0.1) is 25.5 Å². The average Bonchev–Trinajstić information content (AvgIpc) is 2.69. The molecule has 5 nitrogen and oxygen atoms in total. The van der Waals surface area contributed by atoms with Crippen molar-refractivity contribution in [3.05, 3.63) is 53.9 Å². The van der Waals surface area contributed by atoms with Gasteiger partial charge in [-0.1, -0.05) is 18.6 Å². The fraction of sp³-hybridized carbons (Fsp3) is 0.500. The number of hydrogen-bond donors (Lipinski definition) is 1. The van der Waals surface area contributed by atoms with Crippen LogP contribution in [0.25, 0.3) is 0 Å². The fourth-order valence-corrected chi connectivity index (χ4v) is 5.00. The second-order valence-electron chi connectivity index (χ2n) is 7.70. The highest BCUT2D eigenvalue weighted by Gasteiger charge is 2.52. The zero-order valence-corrected chi connectivity index (χ0v) is 16.1. The highest BCUT2D eigenvalue weighted by molar-refractivity contribution is 5.44. The largest absolute Gasteiger partial charge is 0.496 e. The van der Waals surface area contributed by atoms with E-state index in [4.69, 9.17) is 9.47 Å². The summed E-state index contributed by atoms with van der Waals surface area (Å²) in [6.45, 7) is 2.47. The molecular weight excluding hydrogens is 340 g/mol. The molecule has 2 bridgehead atoms. The smallest absolute Gasteiger partial charge is 0.127 e. The highest BCUT2D eigenvalue weighted by Crippen LogP contribution is 2.49. The second-order valence-corrected chi connectivity index (χ2v) is 7.70. The van der Waals surface area contributed by atoms with Gasteiger partial charge in [-0.25, -0.2) is 0 Å². The molecule has 0 amide bonds. The topological polar surface area (TPSA) is 54.8 Å². The molecule has 2 fully saturated rings. The molecule has 1 saturated carbocycles. The molecular formula is C22H28N2O3. The molecule has 0 radical (unpaired) electrons. The van der Waals surface area contributed by atoms with Gasteiger partial charge in [0, 0.05) is 37.7 Å². The van der Waals surface area contributed by atoms with Crippen LogP contribution in [0.5, 0.6) is 11.5 Å². The van der Waals surface area contributed by atoms with Crippen molar-refractivity contribution in [3.8, 4) is 11.5 Å². The first-order chi connectivity index (χ1) is 13.2. The average molecular weight is 368 g/mol. The maximum Gasteiger partial charge on any atom is 0.127 e. The molecule has 1 aromatic carbocycles. The van der Waals surface area contributed by atoms with E-state index in [1.807, 2.05) is 36.4 Å². The van der Waals surface area contributed by atoms with Crippen molar-refractivity contribution in [2.75, 3.05) is 27.3 Å². The van der Waals surface area contributed by atoms with Gasteiger partial charge >= 0.3 is 0 Å². The number of methoxy groups -OCH3 is 2. The van der Waals surface area contributed by atoms with Gasteiger partial charge in [0.25, 0.3) is 0 Å². The Bertz CT molecular complexity index is 744. The molecule has 1 aliphatic carbocycles. The van der Waals surface area contributed by atoms with Crippen LogP contribution in [-0.4, -0.2) is 42.3 Å². The Hall–Kier alpha value is -2.11. The van der Waals surface area contributed by atoms with Crippen molar-refractivity contribution in [1.29, 1.82) is 0 Å². The number of likely N-dealkylation sites (tertiary alicyclic amines) is 1. The summed E-state index contributed by atoms with van der Waals surface area (Å²) in [7, 11) is 3.39. The minimum absolute atomic E-state index is 0.195. The molecule has 1 aromatic heterocycles. The Balaban J connectivity index is 1.60. The van der Waals surface area contributed by atoms with E-state index in [1.54, 1.807) is 20.4 Å². The first-order valence-corrected chi connectivity index (χ1v) is 9.73. The molecule has 1 saturated heterocycles. The van der Waals surface area contributed by atoms with Crippen LogP contribution in [0.4, 0.5) is 0 Å². The van der Waals surface area contributed by atoms with E-state index in [0.29, 0.717) is 0 Å². The molecule has 144 valence electrons. The zero-order valence-electron chi connectivity index (χ0n) is 16.1. The maximum atomic E-state index is 11.7. The van der Waals surface area contributed by atoms with Gasteiger partial charge in [0.2, 0.25) is 0 Å². The lowest BCUT2D eigenvalue weighted by Crippen LogP contribution is -2.58. The summed E-state index contributed by atoms with van der Waals surface area (Å²) >= 11 is 0. The number of pyridine rings is 1. The van der Waals surface area contributed by atoms with E-state index in [9.17, 15) is 5.11 Å². The van der Waals surface area contributed by atoms with Crippen LogP contribution in [0.3, 0.4) is 0 Å². The van der Waals surface area contributed by atoms with Gasteiger partial charge in [-0.15, -0.1) is 0 Å². The molecule has 2 aromatic rings. The van der Waals surface area contributed by atoms with E-state index >= 15 is 0 Å². The quantitative estimate of drug-likeness (QED) is 0.878. The van der Waals surface area contributed by atoms with Crippen molar-refractivity contribution in [2.24, 2.45) is 11.8 Å². The summed E-state index contributed by atoms with van der Waals surface area (Å²) in [5, 5.41) is 11.7. The highest BCUT2D eigenvalue weighted by atomic mass is 16.5. The minimum atomic E-state index is -0.819. The van der Waals surface area contributed by atoms with Crippen molar-refractivity contribution >= 4 is 0 Å². The molecule has 1 aliphatic heterocycles. The number of rotatable bonds is 5. The molecule has 27 heavy (non-hydrogen) atoms. The van der Waals surface area contributed by atoms with Crippen LogP contribution in [0, 0.1) is 11.8 Å². The normalized spacial score (nSPS) is 28.0. The number of benzene rings is 1. The van der Waals surface area contributed by atoms with Crippen LogP contribution in [0.15, 0.2) is 42.6 Å². The van der Waals surface area contributed by atoms with Gasteiger partial charge in [-0.3, -0.25) is 9.88 Å². The molecule has 2 aliphatic rings. The Labute approximate surface area is 160 Å². The van der Waals surface area contributed by atoms with Crippen LogP contribution in [-0.2, 0) is 12.1 Å². The van der Waals surface area contributed by atoms with Gasteiger partial charge in [0.15, 0.2) is 0 Å². The standard InChI is InChI=1S/C22H28N2O3/c1-26-19-9-6-10-20(27-2)18(19)15-24-13-16-7-5-8-17(14-24)22(16,25)21-11-3-4-12-23-21/h3-4,6,9-12,16-17,25H,5,7-8,13-15H2,1-2H3/t16-,17-/m0/s1. The number of fused-ring (bicyclic) bond motifs is 2. The van der Waals surface area contributed by atoms with Crippen molar-refractivity contribution in [1.82, 2.24) is 9.88 Å². The third-order valence-electron chi connectivity index (χ3n) is 6.29. The Kier molecular flexibility index (Phi) is 5.06. The number of aliphatic hydroxyl groups is 1. The molecule has 0 spiro atoms. The SMILES string of the molecule is COc1cccc(OC)c1CN1C[C@@H]2CCC[C@@H](C1)C2(O)c1ccccn1. The second kappa shape index (κ2) is 7.49. The Morgan fingerprint density at radius 2 is 1.70 bits per heavy atom. The third kappa shape index (κ3) is 3.19. The Morgan fingerprint density at radius 1 is 1.04 bits per heavy atom. The van der Waals surface area contributed by atoms with Crippen LogP contribution in [0.2, 0.25) is 0 Å².